The molecule has 0 aliphatic heterocycles. The zero-order chi connectivity index (χ0) is 20.3. The first-order chi connectivity index (χ1) is 13.4. The fourth-order valence-electron chi connectivity index (χ4n) is 3.06. The van der Waals surface area contributed by atoms with Crippen LogP contribution in [0.3, 0.4) is 0 Å². The highest BCUT2D eigenvalue weighted by Gasteiger charge is 2.20. The van der Waals surface area contributed by atoms with E-state index in [1.54, 1.807) is 11.8 Å². The van der Waals surface area contributed by atoms with Crippen LogP contribution in [0.15, 0.2) is 47.8 Å². The molecule has 0 bridgehead atoms. The summed E-state index contributed by atoms with van der Waals surface area (Å²) in [6, 6.07) is 13.9. The quantitative estimate of drug-likeness (QED) is 0.543. The van der Waals surface area contributed by atoms with E-state index in [-0.39, 0.29) is 11.9 Å². The van der Waals surface area contributed by atoms with Crippen LogP contribution in [0, 0.1) is 13.8 Å². The molecule has 28 heavy (non-hydrogen) atoms. The molecule has 1 heterocycles. The number of aryl methyl sites for hydroxylation is 1. The molecule has 0 aliphatic carbocycles. The van der Waals surface area contributed by atoms with E-state index < -0.39 is 0 Å². The summed E-state index contributed by atoms with van der Waals surface area (Å²) in [5.74, 6) is -0.0491. The molecular weight excluding hydrogens is 390 g/mol. The first-order valence-corrected chi connectivity index (χ1v) is 10.4. The second-order valence-corrected chi connectivity index (χ2v) is 8.06. The van der Waals surface area contributed by atoms with Crippen LogP contribution in [0.5, 0.6) is 0 Å². The van der Waals surface area contributed by atoms with Crippen molar-refractivity contribution in [1.29, 1.82) is 0 Å². The third-order valence-electron chi connectivity index (χ3n) is 4.82. The number of aromatic nitrogens is 1. The Hall–Kier alpha value is -2.21. The number of nitrogens with zero attached hydrogens (tertiary/aromatic N) is 2. The van der Waals surface area contributed by atoms with Gasteiger partial charge in [-0.05, 0) is 49.6 Å². The minimum atomic E-state index is -0.0491. The summed E-state index contributed by atoms with van der Waals surface area (Å²) in [6.45, 7) is 8.32. The predicted octanol–water partition coefficient (Wildman–Crippen LogP) is 5.95. The maximum atomic E-state index is 12.4. The molecule has 4 nitrogen and oxygen atoms in total. The van der Waals surface area contributed by atoms with Crippen molar-refractivity contribution < 1.29 is 4.79 Å². The van der Waals surface area contributed by atoms with Crippen molar-refractivity contribution in [3.63, 3.8) is 0 Å². The number of nitrogens with one attached hydrogen (secondary N) is 1. The second-order valence-electron chi connectivity index (χ2n) is 6.82. The highest BCUT2D eigenvalue weighted by Crippen LogP contribution is 2.32. The van der Waals surface area contributed by atoms with Crippen molar-refractivity contribution in [2.45, 2.75) is 40.3 Å². The van der Waals surface area contributed by atoms with Gasteiger partial charge in [-0.3, -0.25) is 9.69 Å². The predicted molar refractivity (Wildman–Crippen MR) is 118 cm³/mol. The molecule has 0 spiro atoms. The minimum absolute atomic E-state index is 0.0491. The summed E-state index contributed by atoms with van der Waals surface area (Å²) in [7, 11) is 0. The van der Waals surface area contributed by atoms with E-state index in [0.29, 0.717) is 11.7 Å². The van der Waals surface area contributed by atoms with Gasteiger partial charge in [-0.1, -0.05) is 41.9 Å². The average molecular weight is 414 g/mol. The SMILES string of the molecule is CC(=O)N(c1nc(CN[C@@H](C)c2ccccc2Cl)cs1)c1cccc(C)c1C. The van der Waals surface area contributed by atoms with E-state index in [1.165, 1.54) is 11.3 Å². The Balaban J connectivity index is 1.77. The maximum absolute atomic E-state index is 12.4. The summed E-state index contributed by atoms with van der Waals surface area (Å²) in [5, 5.41) is 6.88. The van der Waals surface area contributed by atoms with E-state index in [4.69, 9.17) is 16.6 Å². The van der Waals surface area contributed by atoms with Gasteiger partial charge in [0.2, 0.25) is 5.91 Å². The summed E-state index contributed by atoms with van der Waals surface area (Å²) in [6.07, 6.45) is 0. The number of benzene rings is 2. The standard InChI is InChI=1S/C22H24ClN3OS/c1-14-8-7-11-21(15(14)2)26(17(4)27)22-25-18(13-28-22)12-24-16(3)19-9-5-6-10-20(19)23/h5-11,13,16,24H,12H2,1-4H3/t16-/m0/s1. The van der Waals surface area contributed by atoms with E-state index in [1.807, 2.05) is 61.7 Å². The van der Waals surface area contributed by atoms with Gasteiger partial charge in [0.05, 0.1) is 11.4 Å². The van der Waals surface area contributed by atoms with Gasteiger partial charge in [0.1, 0.15) is 0 Å². The molecule has 0 fully saturated rings. The van der Waals surface area contributed by atoms with Gasteiger partial charge in [-0.2, -0.15) is 0 Å². The van der Waals surface area contributed by atoms with Crippen LogP contribution in [0.4, 0.5) is 10.8 Å². The molecule has 1 N–H and O–H groups in total. The minimum Gasteiger partial charge on any atom is -0.304 e. The molecule has 6 heteroatoms. The Morgan fingerprint density at radius 2 is 1.96 bits per heavy atom. The molecule has 146 valence electrons. The lowest BCUT2D eigenvalue weighted by Crippen LogP contribution is -2.24. The van der Waals surface area contributed by atoms with Crippen molar-refractivity contribution in [1.82, 2.24) is 10.3 Å². The van der Waals surface area contributed by atoms with Gasteiger partial charge in [0, 0.05) is 29.9 Å². The van der Waals surface area contributed by atoms with Crippen LogP contribution in [-0.4, -0.2) is 10.9 Å². The number of carbonyl (C=O) groups is 1. The molecule has 3 aromatic rings. The monoisotopic (exact) mass is 413 g/mol. The summed E-state index contributed by atoms with van der Waals surface area (Å²) >= 11 is 7.75. The van der Waals surface area contributed by atoms with Crippen molar-refractivity contribution in [3.05, 3.63) is 75.3 Å². The van der Waals surface area contributed by atoms with Crippen LogP contribution in [0.2, 0.25) is 5.02 Å². The van der Waals surface area contributed by atoms with Gasteiger partial charge in [0.15, 0.2) is 5.13 Å². The zero-order valence-electron chi connectivity index (χ0n) is 16.5. The molecule has 1 atom stereocenters. The molecule has 0 aliphatic rings. The van der Waals surface area contributed by atoms with Crippen LogP contribution in [-0.2, 0) is 11.3 Å². The number of anilines is 2. The molecule has 0 radical (unpaired) electrons. The molecule has 2 aromatic carbocycles. The second kappa shape index (κ2) is 8.86. The number of carbonyl (C=O) groups excluding carboxylic acids is 1. The molecule has 1 amide bonds. The molecule has 0 saturated carbocycles. The van der Waals surface area contributed by atoms with Crippen molar-refractivity contribution in [2.75, 3.05) is 4.90 Å². The van der Waals surface area contributed by atoms with Crippen molar-refractivity contribution in [3.8, 4) is 0 Å². The molecule has 0 saturated heterocycles. The Bertz CT molecular complexity index is 985. The number of hydrogen-bond donors (Lipinski definition) is 1. The lowest BCUT2D eigenvalue weighted by molar-refractivity contribution is -0.115. The number of rotatable bonds is 6. The largest absolute Gasteiger partial charge is 0.304 e. The maximum Gasteiger partial charge on any atom is 0.230 e. The Kier molecular flexibility index (Phi) is 6.50. The van der Waals surface area contributed by atoms with Crippen LogP contribution in [0.25, 0.3) is 0 Å². The molecule has 3 rings (SSSR count). The van der Waals surface area contributed by atoms with Crippen molar-refractivity contribution >= 4 is 39.7 Å². The fraction of sp³-hybridized carbons (Fsp3) is 0.273. The lowest BCUT2D eigenvalue weighted by atomic mass is 10.1. The molecular formula is C22H24ClN3OS. The fourth-order valence-corrected chi connectivity index (χ4v) is 4.24. The number of thiazole rings is 1. The van der Waals surface area contributed by atoms with E-state index in [9.17, 15) is 4.79 Å². The molecule has 1 aromatic heterocycles. The third kappa shape index (κ3) is 4.43. The Morgan fingerprint density at radius 3 is 2.68 bits per heavy atom. The number of halogens is 1. The van der Waals surface area contributed by atoms with Gasteiger partial charge in [-0.15, -0.1) is 11.3 Å². The van der Waals surface area contributed by atoms with Gasteiger partial charge < -0.3 is 5.32 Å². The van der Waals surface area contributed by atoms with E-state index in [2.05, 4.69) is 12.2 Å². The zero-order valence-corrected chi connectivity index (χ0v) is 18.1. The van der Waals surface area contributed by atoms with Gasteiger partial charge in [-0.25, -0.2) is 4.98 Å². The Labute approximate surface area is 175 Å². The lowest BCUT2D eigenvalue weighted by Gasteiger charge is -2.21. The van der Waals surface area contributed by atoms with Gasteiger partial charge in [0.25, 0.3) is 0 Å². The summed E-state index contributed by atoms with van der Waals surface area (Å²) < 4.78 is 0. The number of amides is 1. The summed E-state index contributed by atoms with van der Waals surface area (Å²) in [4.78, 5) is 18.8. The smallest absolute Gasteiger partial charge is 0.230 e. The topological polar surface area (TPSA) is 45.2 Å². The third-order valence-corrected chi connectivity index (χ3v) is 6.04. The average Bonchev–Trinajstić information content (AvgIpc) is 3.12. The van der Waals surface area contributed by atoms with Crippen molar-refractivity contribution in [2.24, 2.45) is 0 Å². The highest BCUT2D eigenvalue weighted by atomic mass is 35.5. The normalized spacial score (nSPS) is 12.0. The molecule has 0 unspecified atom stereocenters. The van der Waals surface area contributed by atoms with E-state index in [0.717, 1.165) is 33.1 Å². The van der Waals surface area contributed by atoms with E-state index >= 15 is 0 Å². The van der Waals surface area contributed by atoms with Crippen LogP contribution >= 0.6 is 22.9 Å². The van der Waals surface area contributed by atoms with Crippen LogP contribution < -0.4 is 10.2 Å². The highest BCUT2D eigenvalue weighted by molar-refractivity contribution is 7.14. The Morgan fingerprint density at radius 1 is 1.21 bits per heavy atom. The van der Waals surface area contributed by atoms with Gasteiger partial charge >= 0.3 is 0 Å². The van der Waals surface area contributed by atoms with Crippen LogP contribution in [0.1, 0.15) is 42.3 Å². The first kappa shape index (κ1) is 20.5. The summed E-state index contributed by atoms with van der Waals surface area (Å²) in [5.41, 5.74) is 5.07. The number of hydrogen-bond acceptors (Lipinski definition) is 4. The first-order valence-electron chi connectivity index (χ1n) is 9.17.